The summed E-state index contributed by atoms with van der Waals surface area (Å²) in [6.45, 7) is 0. The Kier molecular flexibility index (Phi) is 3.28. The normalized spacial score (nSPS) is 10.4. The summed E-state index contributed by atoms with van der Waals surface area (Å²) < 4.78 is 0. The Hall–Kier alpha value is -2.51. The van der Waals surface area contributed by atoms with Crippen LogP contribution in [0.2, 0.25) is 0 Å². The van der Waals surface area contributed by atoms with Gasteiger partial charge >= 0.3 is 0 Å². The number of nitrogen functional groups attached to an aromatic ring is 1. The van der Waals surface area contributed by atoms with Gasteiger partial charge in [-0.25, -0.2) is 15.8 Å². The van der Waals surface area contributed by atoms with Gasteiger partial charge in [-0.15, -0.1) is 11.3 Å². The minimum absolute atomic E-state index is 0.284. The van der Waals surface area contributed by atoms with Crippen LogP contribution >= 0.6 is 11.3 Å². The number of fused-ring (bicyclic) bond motifs is 1. The number of rotatable bonds is 3. The van der Waals surface area contributed by atoms with Gasteiger partial charge in [-0.2, -0.15) is 0 Å². The lowest BCUT2D eigenvalue weighted by Crippen LogP contribution is -2.16. The summed E-state index contributed by atoms with van der Waals surface area (Å²) >= 11 is 1.35. The average Bonchev–Trinajstić information content (AvgIpc) is 2.99. The number of hydrogen-bond donors (Lipinski definition) is 3. The highest BCUT2D eigenvalue weighted by Gasteiger charge is 2.12. The van der Waals surface area contributed by atoms with Crippen LogP contribution in [0.3, 0.4) is 0 Å². The lowest BCUT2D eigenvalue weighted by Gasteiger charge is -2.08. The van der Waals surface area contributed by atoms with Gasteiger partial charge in [0, 0.05) is 17.0 Å². The van der Waals surface area contributed by atoms with E-state index in [4.69, 9.17) is 5.84 Å². The van der Waals surface area contributed by atoms with Crippen molar-refractivity contribution >= 4 is 39.0 Å². The number of amides is 1. The second-order valence-corrected chi connectivity index (χ2v) is 4.91. The van der Waals surface area contributed by atoms with E-state index in [2.05, 4.69) is 20.7 Å². The highest BCUT2D eigenvalue weighted by atomic mass is 32.1. The molecule has 7 heteroatoms. The Morgan fingerprint density at radius 3 is 2.90 bits per heavy atom. The van der Waals surface area contributed by atoms with Gasteiger partial charge in [0.05, 0.1) is 0 Å². The number of pyridine rings is 1. The monoisotopic (exact) mass is 285 g/mol. The zero-order valence-corrected chi connectivity index (χ0v) is 11.1. The molecule has 2 aromatic heterocycles. The van der Waals surface area contributed by atoms with E-state index in [0.29, 0.717) is 10.9 Å². The Morgan fingerprint density at radius 2 is 2.15 bits per heavy atom. The Bertz CT molecular complexity index is 757. The molecule has 0 unspecified atom stereocenters. The van der Waals surface area contributed by atoms with E-state index in [1.165, 1.54) is 11.3 Å². The lowest BCUT2D eigenvalue weighted by molar-refractivity contribution is 0.102. The molecule has 6 nitrogen and oxygen atoms in total. The van der Waals surface area contributed by atoms with Crippen LogP contribution in [0.4, 0.5) is 10.9 Å². The predicted molar refractivity (Wildman–Crippen MR) is 79.6 cm³/mol. The molecule has 0 saturated heterocycles. The molecule has 20 heavy (non-hydrogen) atoms. The summed E-state index contributed by atoms with van der Waals surface area (Å²) in [7, 11) is 0. The van der Waals surface area contributed by atoms with E-state index in [1.807, 2.05) is 24.3 Å². The fourth-order valence-electron chi connectivity index (χ4n) is 1.87. The van der Waals surface area contributed by atoms with Gasteiger partial charge < -0.3 is 5.43 Å². The second-order valence-electron chi connectivity index (χ2n) is 4.01. The summed E-state index contributed by atoms with van der Waals surface area (Å²) in [6.07, 6.45) is 1.63. The van der Waals surface area contributed by atoms with Gasteiger partial charge in [0.1, 0.15) is 11.5 Å². The van der Waals surface area contributed by atoms with Gasteiger partial charge in [-0.05, 0) is 11.5 Å². The van der Waals surface area contributed by atoms with Gasteiger partial charge in [0.25, 0.3) is 5.91 Å². The smallest absolute Gasteiger partial charge is 0.276 e. The molecular formula is C13H11N5OS. The number of nitrogens with one attached hydrogen (secondary N) is 2. The van der Waals surface area contributed by atoms with Gasteiger partial charge in [-0.3, -0.25) is 10.1 Å². The number of aromatic nitrogens is 2. The number of nitrogens with two attached hydrogens (primary N) is 1. The first-order valence-corrected chi connectivity index (χ1v) is 6.73. The third-order valence-corrected chi connectivity index (χ3v) is 3.45. The van der Waals surface area contributed by atoms with Crippen molar-refractivity contribution in [3.05, 3.63) is 47.6 Å². The molecular weight excluding hydrogens is 274 g/mol. The summed E-state index contributed by atoms with van der Waals surface area (Å²) in [5, 5.41) is 6.76. The van der Waals surface area contributed by atoms with Crippen LogP contribution in [0.25, 0.3) is 10.8 Å². The first-order chi connectivity index (χ1) is 9.78. The average molecular weight is 285 g/mol. The minimum atomic E-state index is -0.317. The van der Waals surface area contributed by atoms with E-state index < -0.39 is 0 Å². The van der Waals surface area contributed by atoms with Crippen molar-refractivity contribution in [3.8, 4) is 0 Å². The number of carbonyl (C=O) groups excluding carboxylic acids is 1. The maximum atomic E-state index is 12.1. The number of hydrazine groups is 1. The molecule has 0 atom stereocenters. The van der Waals surface area contributed by atoms with Crippen molar-refractivity contribution in [2.24, 2.45) is 5.84 Å². The second kappa shape index (κ2) is 5.24. The summed E-state index contributed by atoms with van der Waals surface area (Å²) in [5.74, 6) is 5.61. The predicted octanol–water partition coefficient (Wildman–Crippen LogP) is 2.23. The number of nitrogens with zero attached hydrogens (tertiary/aromatic N) is 2. The lowest BCUT2D eigenvalue weighted by atomic mass is 10.1. The van der Waals surface area contributed by atoms with Crippen molar-refractivity contribution < 1.29 is 4.79 Å². The number of carbonyl (C=O) groups is 1. The fourth-order valence-corrected chi connectivity index (χ4v) is 2.40. The Balaban J connectivity index is 2.01. The number of benzene rings is 1. The van der Waals surface area contributed by atoms with Gasteiger partial charge in [0.15, 0.2) is 5.13 Å². The van der Waals surface area contributed by atoms with Crippen molar-refractivity contribution in [2.75, 3.05) is 10.7 Å². The van der Waals surface area contributed by atoms with Crippen LogP contribution < -0.4 is 16.6 Å². The Labute approximate surface area is 118 Å². The molecule has 2 heterocycles. The van der Waals surface area contributed by atoms with E-state index in [0.717, 1.165) is 10.8 Å². The van der Waals surface area contributed by atoms with Crippen molar-refractivity contribution in [1.29, 1.82) is 0 Å². The highest BCUT2D eigenvalue weighted by Crippen LogP contribution is 2.22. The third-order valence-electron chi connectivity index (χ3n) is 2.76. The van der Waals surface area contributed by atoms with Crippen LogP contribution in [0, 0.1) is 0 Å². The standard InChI is InChI=1S/C13H11N5OS/c14-18-11-9-4-2-1-3-8(9)7-10(16-11)12(19)17-13-15-5-6-20-13/h1-7H,14H2,(H,16,18)(H,15,17,19). The van der Waals surface area contributed by atoms with Crippen molar-refractivity contribution in [2.45, 2.75) is 0 Å². The quantitative estimate of drug-likeness (QED) is 0.507. The molecule has 0 spiro atoms. The minimum Gasteiger partial charge on any atom is -0.308 e. The van der Waals surface area contributed by atoms with Crippen LogP contribution in [0.5, 0.6) is 0 Å². The molecule has 100 valence electrons. The topological polar surface area (TPSA) is 92.9 Å². The highest BCUT2D eigenvalue weighted by molar-refractivity contribution is 7.13. The number of anilines is 2. The van der Waals surface area contributed by atoms with E-state index in [-0.39, 0.29) is 11.6 Å². The summed E-state index contributed by atoms with van der Waals surface area (Å²) in [4.78, 5) is 20.4. The first kappa shape index (κ1) is 12.5. The summed E-state index contributed by atoms with van der Waals surface area (Å²) in [6, 6.07) is 9.29. The largest absolute Gasteiger partial charge is 0.308 e. The summed E-state index contributed by atoms with van der Waals surface area (Å²) in [5.41, 5.74) is 2.80. The molecule has 0 fully saturated rings. The maximum Gasteiger partial charge on any atom is 0.276 e. The third kappa shape index (κ3) is 2.31. The molecule has 0 aliphatic heterocycles. The molecule has 4 N–H and O–H groups in total. The van der Waals surface area contributed by atoms with Crippen LogP contribution in [0.1, 0.15) is 10.5 Å². The fraction of sp³-hybridized carbons (Fsp3) is 0. The molecule has 0 bridgehead atoms. The van der Waals surface area contributed by atoms with Gasteiger partial charge in [-0.1, -0.05) is 24.3 Å². The number of thiazole rings is 1. The van der Waals surface area contributed by atoms with E-state index in [9.17, 15) is 4.79 Å². The van der Waals surface area contributed by atoms with Crippen LogP contribution in [0.15, 0.2) is 41.9 Å². The molecule has 1 aromatic carbocycles. The maximum absolute atomic E-state index is 12.1. The molecule has 0 radical (unpaired) electrons. The first-order valence-electron chi connectivity index (χ1n) is 5.85. The molecule has 0 saturated carbocycles. The van der Waals surface area contributed by atoms with Gasteiger partial charge in [0.2, 0.25) is 0 Å². The van der Waals surface area contributed by atoms with Crippen LogP contribution in [-0.4, -0.2) is 15.9 Å². The Morgan fingerprint density at radius 1 is 1.30 bits per heavy atom. The molecule has 0 aliphatic carbocycles. The van der Waals surface area contributed by atoms with Crippen LogP contribution in [-0.2, 0) is 0 Å². The van der Waals surface area contributed by atoms with E-state index in [1.54, 1.807) is 17.6 Å². The molecule has 0 aliphatic rings. The molecule has 1 amide bonds. The van der Waals surface area contributed by atoms with Crippen molar-refractivity contribution in [3.63, 3.8) is 0 Å². The number of hydrogen-bond acceptors (Lipinski definition) is 6. The van der Waals surface area contributed by atoms with E-state index >= 15 is 0 Å². The zero-order chi connectivity index (χ0) is 13.9. The SMILES string of the molecule is NNc1nc(C(=O)Nc2nccs2)cc2ccccc12. The zero-order valence-electron chi connectivity index (χ0n) is 10.3. The van der Waals surface area contributed by atoms with Crippen molar-refractivity contribution in [1.82, 2.24) is 9.97 Å². The molecule has 3 rings (SSSR count). The molecule has 3 aromatic rings.